The Morgan fingerprint density at radius 2 is 1.10 bits per heavy atom. The van der Waals surface area contributed by atoms with Crippen LogP contribution in [0.1, 0.15) is 24.8 Å². The van der Waals surface area contributed by atoms with Crippen molar-refractivity contribution in [1.82, 2.24) is 0 Å². The maximum atomic E-state index is 2.45. The van der Waals surface area contributed by atoms with Gasteiger partial charge in [-0.3, -0.25) is 0 Å². The third-order valence-electron chi connectivity index (χ3n) is 6.33. The van der Waals surface area contributed by atoms with E-state index in [0.29, 0.717) is 0 Å². The second-order valence-corrected chi connectivity index (χ2v) is 8.02. The molecule has 138 valence electrons. The molecule has 0 unspecified atom stereocenters. The van der Waals surface area contributed by atoms with E-state index >= 15 is 0 Å². The highest BCUT2D eigenvalue weighted by Crippen LogP contribution is 2.44. The topological polar surface area (TPSA) is 0 Å². The van der Waals surface area contributed by atoms with E-state index in [-0.39, 0.29) is 0 Å². The lowest BCUT2D eigenvalue weighted by molar-refractivity contribution is 0.936. The Hall–Kier alpha value is -3.38. The van der Waals surface area contributed by atoms with Gasteiger partial charge in [-0.1, -0.05) is 91.0 Å². The molecule has 6 rings (SSSR count). The summed E-state index contributed by atoms with van der Waals surface area (Å²) in [5.74, 6) is 0. The van der Waals surface area contributed by atoms with E-state index in [1.54, 1.807) is 0 Å². The molecule has 5 aromatic carbocycles. The average Bonchev–Trinajstić information content (AvgIpc) is 3.31. The molecule has 0 nitrogen and oxygen atoms in total. The van der Waals surface area contributed by atoms with Crippen molar-refractivity contribution in [3.63, 3.8) is 0 Å². The van der Waals surface area contributed by atoms with E-state index in [4.69, 9.17) is 0 Å². The minimum Gasteiger partial charge on any atom is -0.0807 e. The Morgan fingerprint density at radius 1 is 0.517 bits per heavy atom. The molecule has 0 saturated heterocycles. The first-order valence-electron chi connectivity index (χ1n) is 10.5. The highest BCUT2D eigenvalue weighted by Gasteiger charge is 2.18. The second-order valence-electron chi connectivity index (χ2n) is 8.02. The predicted octanol–water partition coefficient (Wildman–Crippen LogP) is 8.38. The van der Waals surface area contributed by atoms with E-state index in [9.17, 15) is 0 Å². The van der Waals surface area contributed by atoms with Gasteiger partial charge >= 0.3 is 0 Å². The monoisotopic (exact) mass is 370 g/mol. The second kappa shape index (κ2) is 6.60. The van der Waals surface area contributed by atoms with Gasteiger partial charge in [-0.05, 0) is 79.9 Å². The third-order valence-corrected chi connectivity index (χ3v) is 6.33. The molecule has 0 fully saturated rings. The first-order chi connectivity index (χ1) is 14.4. The van der Waals surface area contributed by atoms with Gasteiger partial charge in [-0.15, -0.1) is 0 Å². The van der Waals surface area contributed by atoms with E-state index in [2.05, 4.69) is 97.1 Å². The van der Waals surface area contributed by atoms with Gasteiger partial charge in [0.2, 0.25) is 0 Å². The highest BCUT2D eigenvalue weighted by molar-refractivity contribution is 6.19. The Kier molecular flexibility index (Phi) is 3.77. The van der Waals surface area contributed by atoms with Crippen LogP contribution in [-0.4, -0.2) is 0 Å². The number of rotatable bonds is 2. The minimum atomic E-state index is 1.18. The molecule has 0 aliphatic heterocycles. The lowest BCUT2D eigenvalue weighted by Gasteiger charge is -2.18. The summed E-state index contributed by atoms with van der Waals surface area (Å²) in [4.78, 5) is 0. The molecule has 0 saturated carbocycles. The molecule has 0 N–H and O–H groups in total. The largest absolute Gasteiger partial charge is 0.0807 e. The van der Waals surface area contributed by atoms with E-state index in [1.165, 1.54) is 73.8 Å². The molecule has 5 aromatic rings. The van der Waals surface area contributed by atoms with Gasteiger partial charge in [0.25, 0.3) is 0 Å². The predicted molar refractivity (Wildman–Crippen MR) is 126 cm³/mol. The van der Waals surface area contributed by atoms with Crippen molar-refractivity contribution in [2.45, 2.75) is 19.3 Å². The standard InChI is InChI=1S/C29H22/c1-4-12-22-19-23(18-17-20(22)9-1)29-26-15-7-5-13-24(26)28(21-10-2-3-11-21)25-14-6-8-16-27(25)29/h1,4-10,12-19H,2-3,11H2. The van der Waals surface area contributed by atoms with Crippen LogP contribution in [0.15, 0.2) is 97.1 Å². The number of fused-ring (bicyclic) bond motifs is 3. The summed E-state index contributed by atoms with van der Waals surface area (Å²) < 4.78 is 0. The minimum absolute atomic E-state index is 1.18. The van der Waals surface area contributed by atoms with Crippen LogP contribution in [0.3, 0.4) is 0 Å². The van der Waals surface area contributed by atoms with Gasteiger partial charge in [0, 0.05) is 0 Å². The fourth-order valence-corrected chi connectivity index (χ4v) is 5.03. The van der Waals surface area contributed by atoms with Crippen molar-refractivity contribution >= 4 is 37.9 Å². The molecule has 0 atom stereocenters. The normalized spacial score (nSPS) is 14.0. The quantitative estimate of drug-likeness (QED) is 0.274. The summed E-state index contributed by atoms with van der Waals surface area (Å²) in [6.45, 7) is 0. The lowest BCUT2D eigenvalue weighted by atomic mass is 9.85. The summed E-state index contributed by atoms with van der Waals surface area (Å²) in [6.07, 6.45) is 6.10. The summed E-state index contributed by atoms with van der Waals surface area (Å²) in [7, 11) is 0. The molecule has 0 amide bonds. The first kappa shape index (κ1) is 16.6. The number of benzene rings is 5. The van der Waals surface area contributed by atoms with Crippen molar-refractivity contribution in [3.05, 3.63) is 103 Å². The van der Waals surface area contributed by atoms with Crippen molar-refractivity contribution in [1.29, 1.82) is 0 Å². The average molecular weight is 370 g/mol. The van der Waals surface area contributed by atoms with Crippen LogP contribution >= 0.6 is 0 Å². The van der Waals surface area contributed by atoms with Crippen molar-refractivity contribution in [3.8, 4) is 11.1 Å². The fraction of sp³-hybridized carbons (Fsp3) is 0.103. The highest BCUT2D eigenvalue weighted by atomic mass is 14.2. The number of hydrogen-bond acceptors (Lipinski definition) is 0. The third kappa shape index (κ3) is 2.60. The van der Waals surface area contributed by atoms with Crippen LogP contribution in [-0.2, 0) is 0 Å². The SMILES string of the molecule is C1=C(c2c3ccccc3c(-c3ccc4ccccc4c3)c3ccccc23)CCC1. The number of allylic oxidation sites excluding steroid dienone is 2. The summed E-state index contributed by atoms with van der Waals surface area (Å²) in [5, 5.41) is 8.04. The molecule has 1 aliphatic carbocycles. The molecule has 0 bridgehead atoms. The van der Waals surface area contributed by atoms with Crippen LogP contribution in [0, 0.1) is 0 Å². The first-order valence-corrected chi connectivity index (χ1v) is 10.5. The van der Waals surface area contributed by atoms with E-state index in [1.807, 2.05) is 0 Å². The van der Waals surface area contributed by atoms with Gasteiger partial charge in [0.15, 0.2) is 0 Å². The van der Waals surface area contributed by atoms with Crippen LogP contribution in [0.4, 0.5) is 0 Å². The van der Waals surface area contributed by atoms with Crippen LogP contribution in [0.5, 0.6) is 0 Å². The van der Waals surface area contributed by atoms with Crippen LogP contribution < -0.4 is 0 Å². The molecular weight excluding hydrogens is 348 g/mol. The van der Waals surface area contributed by atoms with Gasteiger partial charge in [0.1, 0.15) is 0 Å². The molecule has 0 radical (unpaired) electrons. The maximum absolute atomic E-state index is 2.45. The van der Waals surface area contributed by atoms with Crippen molar-refractivity contribution in [2.24, 2.45) is 0 Å². The fourth-order valence-electron chi connectivity index (χ4n) is 5.03. The zero-order chi connectivity index (χ0) is 19.2. The van der Waals surface area contributed by atoms with Gasteiger partial charge < -0.3 is 0 Å². The van der Waals surface area contributed by atoms with Crippen molar-refractivity contribution in [2.75, 3.05) is 0 Å². The summed E-state index contributed by atoms with van der Waals surface area (Å²) in [6, 6.07) is 33.4. The molecule has 0 spiro atoms. The molecule has 0 heteroatoms. The Labute approximate surface area is 171 Å². The molecule has 29 heavy (non-hydrogen) atoms. The van der Waals surface area contributed by atoms with Crippen molar-refractivity contribution < 1.29 is 0 Å². The Bertz CT molecular complexity index is 1360. The molecule has 0 heterocycles. The lowest BCUT2D eigenvalue weighted by Crippen LogP contribution is -1.92. The zero-order valence-corrected chi connectivity index (χ0v) is 16.4. The smallest absolute Gasteiger partial charge is 0.00262 e. The molecular formula is C29H22. The number of hydrogen-bond donors (Lipinski definition) is 0. The zero-order valence-electron chi connectivity index (χ0n) is 16.4. The van der Waals surface area contributed by atoms with Gasteiger partial charge in [-0.2, -0.15) is 0 Å². The molecule has 1 aliphatic rings. The van der Waals surface area contributed by atoms with E-state index in [0.717, 1.165) is 0 Å². The maximum Gasteiger partial charge on any atom is -0.00262 e. The Morgan fingerprint density at radius 3 is 1.72 bits per heavy atom. The summed E-state index contributed by atoms with van der Waals surface area (Å²) >= 11 is 0. The molecule has 0 aromatic heterocycles. The van der Waals surface area contributed by atoms with Crippen LogP contribution in [0.2, 0.25) is 0 Å². The summed E-state index contributed by atoms with van der Waals surface area (Å²) in [5.41, 5.74) is 5.60. The van der Waals surface area contributed by atoms with Gasteiger partial charge in [0.05, 0.1) is 0 Å². The van der Waals surface area contributed by atoms with Gasteiger partial charge in [-0.25, -0.2) is 0 Å². The van der Waals surface area contributed by atoms with E-state index < -0.39 is 0 Å². The van der Waals surface area contributed by atoms with Crippen LogP contribution in [0.25, 0.3) is 49.0 Å². The Balaban J connectivity index is 1.77.